The molecule has 1 aromatic heterocycles. The molecule has 2 aromatic rings. The van der Waals surface area contributed by atoms with Gasteiger partial charge in [-0.25, -0.2) is 4.68 Å². The first-order chi connectivity index (χ1) is 9.56. The monoisotopic (exact) mass is 405 g/mol. The van der Waals surface area contributed by atoms with Crippen molar-refractivity contribution in [2.75, 3.05) is 18.9 Å². The third kappa shape index (κ3) is 2.42. The van der Waals surface area contributed by atoms with Gasteiger partial charge >= 0.3 is 0 Å². The van der Waals surface area contributed by atoms with Crippen molar-refractivity contribution >= 4 is 40.0 Å². The Morgan fingerprint density at radius 1 is 1.40 bits per heavy atom. The summed E-state index contributed by atoms with van der Waals surface area (Å²) in [7, 11) is 0. The van der Waals surface area contributed by atoms with E-state index in [9.17, 15) is 0 Å². The largest absolute Gasteiger partial charge is 0.486 e. The van der Waals surface area contributed by atoms with E-state index in [0.29, 0.717) is 42.1 Å². The molecule has 20 heavy (non-hydrogen) atoms. The number of ether oxygens (including phenoxy) is 2. The predicted octanol–water partition coefficient (Wildman–Crippen LogP) is 2.85. The van der Waals surface area contributed by atoms with Crippen molar-refractivity contribution < 1.29 is 9.47 Å². The van der Waals surface area contributed by atoms with Crippen LogP contribution in [0.1, 0.15) is 11.3 Å². The molecule has 0 saturated heterocycles. The van der Waals surface area contributed by atoms with Crippen LogP contribution in [0.2, 0.25) is 5.02 Å². The van der Waals surface area contributed by atoms with Gasteiger partial charge in [-0.15, -0.1) is 0 Å². The standard InChI is InChI=1S/C13H13ClIN3O2/c1-7-11(15)13(16)18(17-7)6-8-4-9(14)12-10(5-8)19-2-3-20-12/h4-5H,2-3,6,16H2,1H3. The summed E-state index contributed by atoms with van der Waals surface area (Å²) in [6, 6.07) is 3.78. The topological polar surface area (TPSA) is 62.3 Å². The summed E-state index contributed by atoms with van der Waals surface area (Å²) in [6.07, 6.45) is 0. The summed E-state index contributed by atoms with van der Waals surface area (Å²) in [6.45, 7) is 3.54. The Labute approximate surface area is 135 Å². The molecule has 0 aliphatic carbocycles. The Kier molecular flexibility index (Phi) is 3.68. The van der Waals surface area contributed by atoms with E-state index in [1.165, 1.54) is 0 Å². The SMILES string of the molecule is Cc1nn(Cc2cc(Cl)c3c(c2)OCCO3)c(N)c1I. The number of rotatable bonds is 2. The van der Waals surface area contributed by atoms with E-state index in [2.05, 4.69) is 27.7 Å². The number of aromatic nitrogens is 2. The van der Waals surface area contributed by atoms with E-state index >= 15 is 0 Å². The fourth-order valence-electron chi connectivity index (χ4n) is 2.13. The van der Waals surface area contributed by atoms with Crippen LogP contribution in [0.4, 0.5) is 5.82 Å². The Bertz CT molecular complexity index is 672. The highest BCUT2D eigenvalue weighted by Gasteiger charge is 2.18. The lowest BCUT2D eigenvalue weighted by Gasteiger charge is -2.20. The van der Waals surface area contributed by atoms with Crippen LogP contribution in [-0.2, 0) is 6.54 Å². The molecule has 0 unspecified atom stereocenters. The zero-order valence-corrected chi connectivity index (χ0v) is 13.7. The molecule has 2 heterocycles. The lowest BCUT2D eigenvalue weighted by Crippen LogP contribution is -2.16. The third-order valence-electron chi connectivity index (χ3n) is 3.08. The van der Waals surface area contributed by atoms with Crippen LogP contribution >= 0.6 is 34.2 Å². The zero-order valence-electron chi connectivity index (χ0n) is 10.8. The van der Waals surface area contributed by atoms with Crippen molar-refractivity contribution in [1.82, 2.24) is 9.78 Å². The lowest BCUT2D eigenvalue weighted by atomic mass is 10.2. The quantitative estimate of drug-likeness (QED) is 0.781. The fourth-order valence-corrected chi connectivity index (χ4v) is 2.80. The summed E-state index contributed by atoms with van der Waals surface area (Å²) < 4.78 is 13.8. The molecule has 3 rings (SSSR count). The summed E-state index contributed by atoms with van der Waals surface area (Å²) >= 11 is 8.42. The van der Waals surface area contributed by atoms with Crippen LogP contribution in [0.25, 0.3) is 0 Å². The molecule has 0 amide bonds. The molecule has 0 atom stereocenters. The van der Waals surface area contributed by atoms with Crippen molar-refractivity contribution in [2.24, 2.45) is 0 Å². The molecule has 0 fully saturated rings. The number of hydrogen-bond donors (Lipinski definition) is 1. The van der Waals surface area contributed by atoms with Gasteiger partial charge in [-0.1, -0.05) is 11.6 Å². The van der Waals surface area contributed by atoms with Gasteiger partial charge in [0.15, 0.2) is 11.5 Å². The van der Waals surface area contributed by atoms with Gasteiger partial charge in [0.2, 0.25) is 0 Å². The molecule has 7 heteroatoms. The van der Waals surface area contributed by atoms with Crippen LogP contribution in [0.3, 0.4) is 0 Å². The second-order valence-corrected chi connectivity index (χ2v) is 6.03. The smallest absolute Gasteiger partial charge is 0.179 e. The Morgan fingerprint density at radius 3 is 2.85 bits per heavy atom. The van der Waals surface area contributed by atoms with Crippen LogP contribution in [0, 0.1) is 10.5 Å². The van der Waals surface area contributed by atoms with Crippen molar-refractivity contribution in [3.8, 4) is 11.5 Å². The second-order valence-electron chi connectivity index (χ2n) is 4.54. The Balaban J connectivity index is 1.95. The van der Waals surface area contributed by atoms with Crippen LogP contribution in [0.15, 0.2) is 12.1 Å². The molecule has 0 bridgehead atoms. The van der Waals surface area contributed by atoms with Gasteiger partial charge in [-0.3, -0.25) is 0 Å². The number of aryl methyl sites for hydroxylation is 1. The normalized spacial score (nSPS) is 13.6. The van der Waals surface area contributed by atoms with Crippen LogP contribution < -0.4 is 15.2 Å². The van der Waals surface area contributed by atoms with Gasteiger partial charge in [-0.05, 0) is 47.2 Å². The van der Waals surface area contributed by atoms with Crippen molar-refractivity contribution in [3.63, 3.8) is 0 Å². The first-order valence-corrected chi connectivity index (χ1v) is 7.58. The maximum Gasteiger partial charge on any atom is 0.179 e. The van der Waals surface area contributed by atoms with Gasteiger partial charge in [-0.2, -0.15) is 5.10 Å². The Morgan fingerprint density at radius 2 is 2.15 bits per heavy atom. The van der Waals surface area contributed by atoms with Crippen LogP contribution in [-0.4, -0.2) is 23.0 Å². The number of nitrogens with two attached hydrogens (primary N) is 1. The molecule has 106 valence electrons. The van der Waals surface area contributed by atoms with Crippen molar-refractivity contribution in [3.05, 3.63) is 32.0 Å². The molecular weight excluding hydrogens is 393 g/mol. The highest BCUT2D eigenvalue weighted by atomic mass is 127. The molecule has 0 spiro atoms. The molecule has 1 aliphatic heterocycles. The van der Waals surface area contributed by atoms with E-state index in [1.807, 2.05) is 19.1 Å². The maximum atomic E-state index is 6.22. The summed E-state index contributed by atoms with van der Waals surface area (Å²) in [4.78, 5) is 0. The highest BCUT2D eigenvalue weighted by Crippen LogP contribution is 2.38. The van der Waals surface area contributed by atoms with E-state index in [1.54, 1.807) is 4.68 Å². The fraction of sp³-hybridized carbons (Fsp3) is 0.308. The Hall–Kier alpha value is -1.15. The van der Waals surface area contributed by atoms with E-state index in [4.69, 9.17) is 26.8 Å². The number of hydrogen-bond acceptors (Lipinski definition) is 4. The van der Waals surface area contributed by atoms with Gasteiger partial charge < -0.3 is 15.2 Å². The predicted molar refractivity (Wildman–Crippen MR) is 85.6 cm³/mol. The zero-order chi connectivity index (χ0) is 14.3. The average molecular weight is 406 g/mol. The number of anilines is 1. The number of benzene rings is 1. The number of halogens is 2. The van der Waals surface area contributed by atoms with Gasteiger partial charge in [0, 0.05) is 0 Å². The minimum absolute atomic E-state index is 0.523. The molecule has 0 saturated carbocycles. The average Bonchev–Trinajstić information content (AvgIpc) is 2.66. The minimum atomic E-state index is 0.523. The van der Waals surface area contributed by atoms with E-state index in [-0.39, 0.29) is 0 Å². The summed E-state index contributed by atoms with van der Waals surface area (Å²) in [5.74, 6) is 1.95. The second kappa shape index (κ2) is 5.33. The van der Waals surface area contributed by atoms with Gasteiger partial charge in [0.1, 0.15) is 19.0 Å². The summed E-state index contributed by atoms with van der Waals surface area (Å²) in [5, 5.41) is 4.97. The molecule has 2 N–H and O–H groups in total. The van der Waals surface area contributed by atoms with Crippen molar-refractivity contribution in [1.29, 1.82) is 0 Å². The summed E-state index contributed by atoms with van der Waals surface area (Å²) in [5.41, 5.74) is 7.93. The number of nitrogens with zero attached hydrogens (tertiary/aromatic N) is 2. The molecular formula is C13H13ClIN3O2. The molecule has 1 aliphatic rings. The van der Waals surface area contributed by atoms with Gasteiger partial charge in [0.05, 0.1) is 20.8 Å². The van der Waals surface area contributed by atoms with Gasteiger partial charge in [0.25, 0.3) is 0 Å². The first kappa shape index (κ1) is 13.8. The van der Waals surface area contributed by atoms with E-state index in [0.717, 1.165) is 14.8 Å². The number of fused-ring (bicyclic) bond motifs is 1. The molecule has 5 nitrogen and oxygen atoms in total. The maximum absolute atomic E-state index is 6.22. The van der Waals surface area contributed by atoms with E-state index < -0.39 is 0 Å². The molecule has 0 radical (unpaired) electrons. The molecule has 1 aromatic carbocycles. The minimum Gasteiger partial charge on any atom is -0.486 e. The lowest BCUT2D eigenvalue weighted by molar-refractivity contribution is 0.171. The third-order valence-corrected chi connectivity index (χ3v) is 4.69. The number of nitrogen functional groups attached to an aromatic ring is 1. The van der Waals surface area contributed by atoms with Crippen LogP contribution in [0.5, 0.6) is 11.5 Å². The first-order valence-electron chi connectivity index (χ1n) is 6.12. The van der Waals surface area contributed by atoms with Crippen molar-refractivity contribution in [2.45, 2.75) is 13.5 Å². The highest BCUT2D eigenvalue weighted by molar-refractivity contribution is 14.1.